The highest BCUT2D eigenvalue weighted by Crippen LogP contribution is 2.38. The molecule has 1 rings (SSSR count). The fourth-order valence-electron chi connectivity index (χ4n) is 5.94. The first-order valence-corrected chi connectivity index (χ1v) is 15.9. The fraction of sp³-hybridized carbons (Fsp3) is 1.00. The van der Waals surface area contributed by atoms with E-state index in [1.54, 1.807) is 0 Å². The van der Waals surface area contributed by atoms with Crippen molar-refractivity contribution in [3.8, 4) is 0 Å². The van der Waals surface area contributed by atoms with E-state index in [4.69, 9.17) is 14.2 Å². The number of rotatable bonds is 23. The van der Waals surface area contributed by atoms with E-state index in [1.165, 1.54) is 38.5 Å². The number of ether oxygens (including phenoxy) is 3. The number of hydrogen-bond acceptors (Lipinski definition) is 6. The van der Waals surface area contributed by atoms with Gasteiger partial charge in [0.2, 0.25) is 0 Å². The molecule has 37 heavy (non-hydrogen) atoms. The summed E-state index contributed by atoms with van der Waals surface area (Å²) in [6.45, 7) is 11.1. The highest BCUT2D eigenvalue weighted by molar-refractivity contribution is 5.03. The van der Waals surface area contributed by atoms with Gasteiger partial charge in [0.25, 0.3) is 0 Å². The molecule has 2 unspecified atom stereocenters. The van der Waals surface area contributed by atoms with Crippen LogP contribution in [0.15, 0.2) is 0 Å². The quantitative estimate of drug-likeness (QED) is 0.127. The summed E-state index contributed by atoms with van der Waals surface area (Å²) >= 11 is 0. The summed E-state index contributed by atoms with van der Waals surface area (Å²) in [4.78, 5) is 0. The van der Waals surface area contributed by atoms with E-state index in [1.807, 2.05) is 0 Å². The number of aliphatic hydroxyl groups is 3. The van der Waals surface area contributed by atoms with Crippen molar-refractivity contribution >= 4 is 0 Å². The van der Waals surface area contributed by atoms with Crippen molar-refractivity contribution in [3.63, 3.8) is 0 Å². The second-order valence-electron chi connectivity index (χ2n) is 11.3. The normalized spacial score (nSPS) is 25.5. The van der Waals surface area contributed by atoms with Gasteiger partial charge in [-0.05, 0) is 32.1 Å². The van der Waals surface area contributed by atoms with E-state index in [2.05, 4.69) is 34.6 Å². The van der Waals surface area contributed by atoms with Crippen molar-refractivity contribution < 1.29 is 29.5 Å². The lowest BCUT2D eigenvalue weighted by Gasteiger charge is -2.50. The molecule has 0 aromatic heterocycles. The van der Waals surface area contributed by atoms with Crippen molar-refractivity contribution in [2.45, 2.75) is 186 Å². The van der Waals surface area contributed by atoms with Crippen molar-refractivity contribution in [3.05, 3.63) is 0 Å². The number of hydrogen-bond donors (Lipinski definition) is 3. The highest BCUT2D eigenvalue weighted by Gasteiger charge is 2.53. The molecule has 1 aliphatic heterocycles. The van der Waals surface area contributed by atoms with Crippen LogP contribution in [0.25, 0.3) is 0 Å². The highest BCUT2D eigenvalue weighted by atomic mass is 16.6. The second-order valence-corrected chi connectivity index (χ2v) is 11.3. The third-order valence-corrected chi connectivity index (χ3v) is 7.96. The zero-order valence-corrected chi connectivity index (χ0v) is 25.0. The third-order valence-electron chi connectivity index (χ3n) is 7.96. The Bertz CT molecular complexity index is 522. The summed E-state index contributed by atoms with van der Waals surface area (Å²) in [5.41, 5.74) is -0.686. The minimum absolute atomic E-state index is 0.0136. The van der Waals surface area contributed by atoms with Gasteiger partial charge in [0.1, 0.15) is 30.5 Å². The van der Waals surface area contributed by atoms with E-state index in [-0.39, 0.29) is 12.7 Å². The molecule has 1 fully saturated rings. The molecule has 0 amide bonds. The van der Waals surface area contributed by atoms with Crippen LogP contribution in [0.5, 0.6) is 0 Å². The standard InChI is InChI=1S/C31H62O6/c1-6-11-13-14-15-16-17-18-23-35-31(21-9-4,22-10-5)30-28(34)27(33)29(26(24-32)37-30)36-25(19-8-3)20-12-7-2/h25-30,32-34H,6-24H2,1-5H3/t25?,26-,27-,28-,29-,30?/m1/s1. The van der Waals surface area contributed by atoms with Crippen LogP contribution in [0.1, 0.15) is 144 Å². The predicted molar refractivity (Wildman–Crippen MR) is 152 cm³/mol. The summed E-state index contributed by atoms with van der Waals surface area (Å²) in [6.07, 6.45) is 13.6. The third kappa shape index (κ3) is 11.8. The molecular formula is C31H62O6. The summed E-state index contributed by atoms with van der Waals surface area (Å²) in [7, 11) is 0. The zero-order chi connectivity index (χ0) is 27.5. The van der Waals surface area contributed by atoms with Crippen LogP contribution in [0.3, 0.4) is 0 Å². The van der Waals surface area contributed by atoms with Gasteiger partial charge in [-0.3, -0.25) is 0 Å². The van der Waals surface area contributed by atoms with Crippen molar-refractivity contribution in [2.24, 2.45) is 0 Å². The minimum atomic E-state index is -1.13. The van der Waals surface area contributed by atoms with Crippen LogP contribution >= 0.6 is 0 Å². The van der Waals surface area contributed by atoms with Crippen LogP contribution in [0.4, 0.5) is 0 Å². The first-order valence-electron chi connectivity index (χ1n) is 15.9. The molecule has 6 atom stereocenters. The topological polar surface area (TPSA) is 88.4 Å². The molecule has 1 aliphatic rings. The molecule has 0 spiro atoms. The Hall–Kier alpha value is -0.240. The largest absolute Gasteiger partial charge is 0.394 e. The average Bonchev–Trinajstić information content (AvgIpc) is 2.89. The number of unbranched alkanes of at least 4 members (excludes halogenated alkanes) is 8. The zero-order valence-electron chi connectivity index (χ0n) is 25.0. The van der Waals surface area contributed by atoms with E-state index in [0.29, 0.717) is 6.61 Å². The lowest BCUT2D eigenvalue weighted by Crippen LogP contribution is -2.66. The Morgan fingerprint density at radius 1 is 0.703 bits per heavy atom. The van der Waals surface area contributed by atoms with Crippen LogP contribution in [-0.2, 0) is 14.2 Å². The maximum atomic E-state index is 11.4. The van der Waals surface area contributed by atoms with Gasteiger partial charge in [-0.25, -0.2) is 0 Å². The van der Waals surface area contributed by atoms with Gasteiger partial charge in [-0.15, -0.1) is 0 Å². The van der Waals surface area contributed by atoms with Crippen molar-refractivity contribution in [2.75, 3.05) is 13.2 Å². The van der Waals surface area contributed by atoms with Gasteiger partial charge < -0.3 is 29.5 Å². The van der Waals surface area contributed by atoms with Gasteiger partial charge in [-0.2, -0.15) is 0 Å². The maximum Gasteiger partial charge on any atom is 0.115 e. The minimum Gasteiger partial charge on any atom is -0.394 e. The van der Waals surface area contributed by atoms with Gasteiger partial charge in [0.15, 0.2) is 0 Å². The molecule has 0 radical (unpaired) electrons. The first kappa shape index (κ1) is 34.8. The summed E-state index contributed by atoms with van der Waals surface area (Å²) in [6, 6.07) is 0. The van der Waals surface area contributed by atoms with Gasteiger partial charge >= 0.3 is 0 Å². The predicted octanol–water partition coefficient (Wildman–Crippen LogP) is 6.71. The van der Waals surface area contributed by atoms with Gasteiger partial charge in [-0.1, -0.05) is 112 Å². The molecule has 3 N–H and O–H groups in total. The average molecular weight is 531 g/mol. The van der Waals surface area contributed by atoms with Crippen LogP contribution in [0, 0.1) is 0 Å². The lowest BCUT2D eigenvalue weighted by atomic mass is 9.79. The van der Waals surface area contributed by atoms with Gasteiger partial charge in [0, 0.05) is 6.61 Å². The molecule has 1 heterocycles. The van der Waals surface area contributed by atoms with E-state index < -0.39 is 36.1 Å². The van der Waals surface area contributed by atoms with Crippen molar-refractivity contribution in [1.82, 2.24) is 0 Å². The molecule has 222 valence electrons. The SMILES string of the molecule is CCCCCCCCCCOC(CCC)(CCC)C1O[C@H](CO)[C@@H](OC(CCC)CCCC)[C@H](O)[C@H]1O. The fourth-order valence-corrected chi connectivity index (χ4v) is 5.94. The maximum absolute atomic E-state index is 11.4. The van der Waals surface area contributed by atoms with Gasteiger partial charge in [0.05, 0.1) is 18.3 Å². The molecular weight excluding hydrogens is 468 g/mol. The van der Waals surface area contributed by atoms with Crippen LogP contribution in [0.2, 0.25) is 0 Å². The smallest absolute Gasteiger partial charge is 0.115 e. The Morgan fingerprint density at radius 2 is 1.30 bits per heavy atom. The molecule has 0 aromatic rings. The van der Waals surface area contributed by atoms with Crippen molar-refractivity contribution in [1.29, 1.82) is 0 Å². The van der Waals surface area contributed by atoms with Crippen LogP contribution in [-0.4, -0.2) is 70.8 Å². The monoisotopic (exact) mass is 530 g/mol. The van der Waals surface area contributed by atoms with E-state index in [9.17, 15) is 15.3 Å². The van der Waals surface area contributed by atoms with Crippen LogP contribution < -0.4 is 0 Å². The Labute approximate surface area is 228 Å². The summed E-state index contributed by atoms with van der Waals surface area (Å²) in [5.74, 6) is 0. The molecule has 0 aliphatic carbocycles. The Kier molecular flexibility index (Phi) is 19.4. The van der Waals surface area contributed by atoms with E-state index >= 15 is 0 Å². The molecule has 0 bridgehead atoms. The molecule has 0 saturated carbocycles. The second kappa shape index (κ2) is 20.6. The Balaban J connectivity index is 2.88. The lowest BCUT2D eigenvalue weighted by molar-refractivity contribution is -0.294. The molecule has 1 saturated heterocycles. The first-order chi connectivity index (χ1) is 17.9. The molecule has 0 aromatic carbocycles. The summed E-state index contributed by atoms with van der Waals surface area (Å²) in [5, 5.41) is 32.9. The number of aliphatic hydroxyl groups excluding tert-OH is 3. The summed E-state index contributed by atoms with van der Waals surface area (Å²) < 4.78 is 19.3. The molecule has 6 heteroatoms. The molecule has 6 nitrogen and oxygen atoms in total. The Morgan fingerprint density at radius 3 is 1.84 bits per heavy atom. The van der Waals surface area contributed by atoms with E-state index in [0.717, 1.165) is 70.6 Å².